The maximum absolute atomic E-state index is 12.6. The predicted molar refractivity (Wildman–Crippen MR) is 102 cm³/mol. The zero-order valence-electron chi connectivity index (χ0n) is 15.9. The van der Waals surface area contributed by atoms with Crippen molar-refractivity contribution in [3.05, 3.63) is 30.1 Å². The molecular formula is C20H28N4O2. The van der Waals surface area contributed by atoms with Gasteiger partial charge in [-0.1, -0.05) is 19.9 Å². The third-order valence-corrected chi connectivity index (χ3v) is 5.42. The summed E-state index contributed by atoms with van der Waals surface area (Å²) in [6, 6.07) is 5.99. The van der Waals surface area contributed by atoms with Crippen LogP contribution in [0.5, 0.6) is 0 Å². The number of rotatable bonds is 5. The lowest BCUT2D eigenvalue weighted by atomic mass is 10.0. The van der Waals surface area contributed by atoms with Crippen LogP contribution in [0.4, 0.5) is 0 Å². The highest BCUT2D eigenvalue weighted by Gasteiger charge is 2.27. The van der Waals surface area contributed by atoms with E-state index in [-0.39, 0.29) is 17.7 Å². The zero-order valence-corrected chi connectivity index (χ0v) is 15.9. The third kappa shape index (κ3) is 3.74. The van der Waals surface area contributed by atoms with Gasteiger partial charge in [0.15, 0.2) is 0 Å². The minimum atomic E-state index is 0.113. The van der Waals surface area contributed by atoms with E-state index in [1.165, 1.54) is 0 Å². The standard InChI is InChI=1S/C20H28N4O2/c1-4-16(5-2)20(26)24-10-8-23(9-11-24)19(25)13-15-6-7-18-17(12-15)21-14-22(18)3/h6-7,12,14,16H,4-5,8-11,13H2,1-3H3. The van der Waals surface area contributed by atoms with Crippen molar-refractivity contribution in [3.63, 3.8) is 0 Å². The summed E-state index contributed by atoms with van der Waals surface area (Å²) in [6.45, 7) is 6.64. The first-order chi connectivity index (χ1) is 12.5. The van der Waals surface area contributed by atoms with Crippen LogP contribution in [0.3, 0.4) is 0 Å². The Labute approximate surface area is 154 Å². The number of imidazole rings is 1. The van der Waals surface area contributed by atoms with Crippen molar-refractivity contribution < 1.29 is 9.59 Å². The Kier molecular flexibility index (Phi) is 5.59. The van der Waals surface area contributed by atoms with Gasteiger partial charge in [-0.25, -0.2) is 4.98 Å². The average molecular weight is 356 g/mol. The first kappa shape index (κ1) is 18.4. The van der Waals surface area contributed by atoms with Crippen LogP contribution >= 0.6 is 0 Å². The second kappa shape index (κ2) is 7.89. The maximum Gasteiger partial charge on any atom is 0.227 e. The second-order valence-corrected chi connectivity index (χ2v) is 7.07. The van der Waals surface area contributed by atoms with Gasteiger partial charge < -0.3 is 14.4 Å². The molecule has 2 aromatic rings. The van der Waals surface area contributed by atoms with Gasteiger partial charge in [0.1, 0.15) is 0 Å². The number of amides is 2. The molecule has 1 aliphatic heterocycles. The molecule has 2 amide bonds. The van der Waals surface area contributed by atoms with Gasteiger partial charge in [-0.2, -0.15) is 0 Å². The fraction of sp³-hybridized carbons (Fsp3) is 0.550. The van der Waals surface area contributed by atoms with Crippen molar-refractivity contribution in [2.24, 2.45) is 13.0 Å². The molecule has 0 atom stereocenters. The molecule has 1 aliphatic rings. The molecule has 0 radical (unpaired) electrons. The Morgan fingerprint density at radius 3 is 2.38 bits per heavy atom. The van der Waals surface area contributed by atoms with Crippen molar-refractivity contribution in [2.75, 3.05) is 26.2 Å². The number of benzene rings is 1. The Hall–Kier alpha value is -2.37. The summed E-state index contributed by atoms with van der Waals surface area (Å²) < 4.78 is 1.97. The molecule has 6 nitrogen and oxygen atoms in total. The Morgan fingerprint density at radius 1 is 1.08 bits per heavy atom. The molecule has 0 unspecified atom stereocenters. The first-order valence-corrected chi connectivity index (χ1v) is 9.50. The molecule has 0 N–H and O–H groups in total. The van der Waals surface area contributed by atoms with E-state index in [4.69, 9.17) is 0 Å². The fourth-order valence-corrected chi connectivity index (χ4v) is 3.65. The molecule has 6 heteroatoms. The van der Waals surface area contributed by atoms with E-state index in [0.29, 0.717) is 32.6 Å². The van der Waals surface area contributed by atoms with Gasteiger partial charge in [-0.15, -0.1) is 0 Å². The molecule has 26 heavy (non-hydrogen) atoms. The van der Waals surface area contributed by atoms with Gasteiger partial charge in [0, 0.05) is 39.1 Å². The third-order valence-electron chi connectivity index (χ3n) is 5.42. The molecule has 1 fully saturated rings. The van der Waals surface area contributed by atoms with E-state index in [1.54, 1.807) is 6.33 Å². The Bertz CT molecular complexity index is 786. The molecule has 1 saturated heterocycles. The van der Waals surface area contributed by atoms with Gasteiger partial charge in [0.05, 0.1) is 23.8 Å². The molecule has 0 saturated carbocycles. The van der Waals surface area contributed by atoms with E-state index in [0.717, 1.165) is 29.4 Å². The highest BCUT2D eigenvalue weighted by Crippen LogP contribution is 2.17. The first-order valence-electron chi connectivity index (χ1n) is 9.50. The molecule has 2 heterocycles. The summed E-state index contributed by atoms with van der Waals surface area (Å²) in [5.74, 6) is 0.472. The minimum absolute atomic E-state index is 0.113. The van der Waals surface area contributed by atoms with Crippen LogP contribution in [-0.2, 0) is 23.1 Å². The van der Waals surface area contributed by atoms with Gasteiger partial charge in [-0.05, 0) is 30.5 Å². The summed E-state index contributed by atoms with van der Waals surface area (Å²) in [5.41, 5.74) is 2.96. The number of piperazine rings is 1. The molecule has 0 spiro atoms. The molecule has 0 aliphatic carbocycles. The monoisotopic (exact) mass is 356 g/mol. The number of hydrogen-bond donors (Lipinski definition) is 0. The number of hydrogen-bond acceptors (Lipinski definition) is 3. The summed E-state index contributed by atoms with van der Waals surface area (Å²) >= 11 is 0. The number of aryl methyl sites for hydroxylation is 1. The largest absolute Gasteiger partial charge is 0.339 e. The van der Waals surface area contributed by atoms with Crippen LogP contribution in [0.2, 0.25) is 0 Å². The molecule has 0 bridgehead atoms. The van der Waals surface area contributed by atoms with Crippen molar-refractivity contribution in [1.29, 1.82) is 0 Å². The van der Waals surface area contributed by atoms with Crippen LogP contribution in [0.25, 0.3) is 11.0 Å². The van der Waals surface area contributed by atoms with Crippen LogP contribution in [0.1, 0.15) is 32.3 Å². The summed E-state index contributed by atoms with van der Waals surface area (Å²) in [6.07, 6.45) is 3.92. The smallest absolute Gasteiger partial charge is 0.227 e. The molecular weight excluding hydrogens is 328 g/mol. The maximum atomic E-state index is 12.6. The van der Waals surface area contributed by atoms with E-state index in [1.807, 2.05) is 39.6 Å². The number of carbonyl (C=O) groups is 2. The summed E-state index contributed by atoms with van der Waals surface area (Å²) in [4.78, 5) is 33.2. The molecule has 140 valence electrons. The van der Waals surface area contributed by atoms with Crippen molar-refractivity contribution in [2.45, 2.75) is 33.1 Å². The number of fused-ring (bicyclic) bond motifs is 1. The molecule has 1 aromatic heterocycles. The summed E-state index contributed by atoms with van der Waals surface area (Å²) in [5, 5.41) is 0. The van der Waals surface area contributed by atoms with Crippen molar-refractivity contribution >= 4 is 22.8 Å². The summed E-state index contributed by atoms with van der Waals surface area (Å²) in [7, 11) is 1.96. The van der Waals surface area contributed by atoms with Crippen LogP contribution in [-0.4, -0.2) is 57.3 Å². The second-order valence-electron chi connectivity index (χ2n) is 7.07. The fourth-order valence-electron chi connectivity index (χ4n) is 3.65. The Balaban J connectivity index is 1.57. The number of nitrogens with zero attached hydrogens (tertiary/aromatic N) is 4. The quantitative estimate of drug-likeness (QED) is 0.825. The van der Waals surface area contributed by atoms with Crippen LogP contribution in [0, 0.1) is 5.92 Å². The zero-order chi connectivity index (χ0) is 18.7. The number of aromatic nitrogens is 2. The van der Waals surface area contributed by atoms with E-state index in [9.17, 15) is 9.59 Å². The molecule has 1 aromatic carbocycles. The lowest BCUT2D eigenvalue weighted by Crippen LogP contribution is -2.52. The molecule has 3 rings (SSSR count). The van der Waals surface area contributed by atoms with Gasteiger partial charge in [-0.3, -0.25) is 9.59 Å². The normalized spacial score (nSPS) is 15.1. The van der Waals surface area contributed by atoms with Crippen LogP contribution in [0.15, 0.2) is 24.5 Å². The van der Waals surface area contributed by atoms with E-state index >= 15 is 0 Å². The SMILES string of the molecule is CCC(CC)C(=O)N1CCN(C(=O)Cc2ccc3c(c2)ncn3C)CC1. The van der Waals surface area contributed by atoms with Crippen LogP contribution < -0.4 is 0 Å². The predicted octanol–water partition coefficient (Wildman–Crippen LogP) is 2.22. The lowest BCUT2D eigenvalue weighted by Gasteiger charge is -2.36. The minimum Gasteiger partial charge on any atom is -0.339 e. The van der Waals surface area contributed by atoms with E-state index in [2.05, 4.69) is 18.8 Å². The van der Waals surface area contributed by atoms with E-state index < -0.39 is 0 Å². The average Bonchev–Trinajstić information content (AvgIpc) is 3.03. The Morgan fingerprint density at radius 2 is 1.73 bits per heavy atom. The van der Waals surface area contributed by atoms with Crippen molar-refractivity contribution in [1.82, 2.24) is 19.4 Å². The van der Waals surface area contributed by atoms with Gasteiger partial charge >= 0.3 is 0 Å². The highest BCUT2D eigenvalue weighted by atomic mass is 16.2. The van der Waals surface area contributed by atoms with Gasteiger partial charge in [0.2, 0.25) is 11.8 Å². The lowest BCUT2D eigenvalue weighted by molar-refractivity contribution is -0.142. The number of carbonyl (C=O) groups excluding carboxylic acids is 2. The highest BCUT2D eigenvalue weighted by molar-refractivity contribution is 5.83. The van der Waals surface area contributed by atoms with Gasteiger partial charge in [0.25, 0.3) is 0 Å². The van der Waals surface area contributed by atoms with Crippen molar-refractivity contribution in [3.8, 4) is 0 Å². The topological polar surface area (TPSA) is 58.4 Å².